The summed E-state index contributed by atoms with van der Waals surface area (Å²) in [6.07, 6.45) is 0.361. The minimum Gasteiger partial charge on any atom is -0.481 e. The number of aliphatic carboxylic acids is 1. The molecule has 0 heterocycles. The van der Waals surface area contributed by atoms with Crippen LogP contribution < -0.4 is 0 Å². The molecule has 122 valence electrons. The fourth-order valence-corrected chi connectivity index (χ4v) is 2.14. The fourth-order valence-electron chi connectivity index (χ4n) is 2.14. The molecule has 4 nitrogen and oxygen atoms in total. The molecule has 0 aliphatic rings. The number of carbonyl (C=O) groups excluding carboxylic acids is 1. The first-order valence-corrected chi connectivity index (χ1v) is 7.74. The number of carboxylic acid groups (broad SMARTS) is 1. The van der Waals surface area contributed by atoms with Gasteiger partial charge in [-0.1, -0.05) is 38.1 Å². The van der Waals surface area contributed by atoms with Gasteiger partial charge in [0.1, 0.15) is 6.10 Å². The molecule has 1 aromatic rings. The molecule has 0 saturated heterocycles. The van der Waals surface area contributed by atoms with E-state index in [4.69, 9.17) is 9.84 Å². The number of carboxylic acids is 1. The Morgan fingerprint density at radius 1 is 1.05 bits per heavy atom. The molecule has 0 radical (unpaired) electrons. The number of rotatable bonds is 7. The number of hydrogen-bond donors (Lipinski definition) is 1. The number of benzene rings is 1. The molecule has 0 fully saturated rings. The highest BCUT2D eigenvalue weighted by Gasteiger charge is 2.25. The van der Waals surface area contributed by atoms with E-state index in [0.717, 1.165) is 12.0 Å². The van der Waals surface area contributed by atoms with Crippen molar-refractivity contribution in [2.45, 2.75) is 53.1 Å². The van der Waals surface area contributed by atoms with E-state index < -0.39 is 29.9 Å². The number of esters is 1. The highest BCUT2D eigenvalue weighted by Crippen LogP contribution is 2.20. The first kappa shape index (κ1) is 18.2. The minimum absolute atomic E-state index is 0.391. The van der Waals surface area contributed by atoms with E-state index in [1.54, 1.807) is 13.8 Å². The van der Waals surface area contributed by atoms with Crippen molar-refractivity contribution in [2.75, 3.05) is 0 Å². The van der Waals surface area contributed by atoms with Crippen LogP contribution in [-0.2, 0) is 20.7 Å². The summed E-state index contributed by atoms with van der Waals surface area (Å²) >= 11 is 0. The van der Waals surface area contributed by atoms with Gasteiger partial charge in [-0.25, -0.2) is 0 Å². The van der Waals surface area contributed by atoms with E-state index in [1.165, 1.54) is 12.5 Å². The molecular formula is C18H26O4. The van der Waals surface area contributed by atoms with Crippen LogP contribution in [0.3, 0.4) is 0 Å². The van der Waals surface area contributed by atoms with Crippen LogP contribution in [0.1, 0.15) is 51.7 Å². The highest BCUT2D eigenvalue weighted by atomic mass is 16.5. The van der Waals surface area contributed by atoms with Crippen molar-refractivity contribution in [3.05, 3.63) is 35.4 Å². The van der Waals surface area contributed by atoms with E-state index in [-0.39, 0.29) is 0 Å². The van der Waals surface area contributed by atoms with Crippen molar-refractivity contribution < 1.29 is 19.4 Å². The van der Waals surface area contributed by atoms with Crippen molar-refractivity contribution in [3.63, 3.8) is 0 Å². The summed E-state index contributed by atoms with van der Waals surface area (Å²) in [5, 5.41) is 8.93. The molecular weight excluding hydrogens is 280 g/mol. The first-order chi connectivity index (χ1) is 10.2. The smallest absolute Gasteiger partial charge is 0.313 e. The normalized spacial score (nSPS) is 15.2. The van der Waals surface area contributed by atoms with Crippen LogP contribution >= 0.6 is 0 Å². The molecule has 1 N–H and O–H groups in total. The molecule has 0 bridgehead atoms. The Bertz CT molecular complexity index is 504. The molecule has 3 atom stereocenters. The van der Waals surface area contributed by atoms with Gasteiger partial charge in [-0.15, -0.1) is 0 Å². The van der Waals surface area contributed by atoms with Crippen molar-refractivity contribution >= 4 is 11.9 Å². The van der Waals surface area contributed by atoms with E-state index >= 15 is 0 Å². The minimum atomic E-state index is -0.967. The van der Waals surface area contributed by atoms with E-state index in [9.17, 15) is 9.59 Å². The lowest BCUT2D eigenvalue weighted by molar-refractivity contribution is -0.157. The Morgan fingerprint density at radius 2 is 1.59 bits per heavy atom. The predicted octanol–water partition coefficient (Wildman–Crippen LogP) is 3.64. The van der Waals surface area contributed by atoms with Gasteiger partial charge < -0.3 is 9.84 Å². The lowest BCUT2D eigenvalue weighted by Gasteiger charge is -2.20. The van der Waals surface area contributed by atoms with Crippen LogP contribution in [0.15, 0.2) is 24.3 Å². The third kappa shape index (κ3) is 5.17. The van der Waals surface area contributed by atoms with Gasteiger partial charge in [-0.3, -0.25) is 9.59 Å². The third-order valence-electron chi connectivity index (χ3n) is 3.87. The molecule has 0 aromatic heterocycles. The summed E-state index contributed by atoms with van der Waals surface area (Å²) in [5.41, 5.74) is 2.12. The van der Waals surface area contributed by atoms with Crippen LogP contribution in [0.2, 0.25) is 0 Å². The van der Waals surface area contributed by atoms with Crippen LogP contribution in [0, 0.1) is 11.8 Å². The van der Waals surface area contributed by atoms with Crippen LogP contribution in [0.25, 0.3) is 0 Å². The van der Waals surface area contributed by atoms with Crippen LogP contribution in [-0.4, -0.2) is 23.1 Å². The van der Waals surface area contributed by atoms with Crippen molar-refractivity contribution in [1.29, 1.82) is 0 Å². The standard InChI is InChI=1S/C18H26O4/c1-11(2)10-15-6-8-16(9-7-15)13(4)18(21)22-14(5)12(3)17(19)20/h6-9,11-14H,10H2,1-5H3,(H,19,20)/t12-,13?,14+/m0/s1. The molecule has 1 rings (SSSR count). The zero-order chi connectivity index (χ0) is 16.9. The van der Waals surface area contributed by atoms with Gasteiger partial charge in [0.2, 0.25) is 0 Å². The first-order valence-electron chi connectivity index (χ1n) is 7.74. The maximum atomic E-state index is 12.1. The fraction of sp³-hybridized carbons (Fsp3) is 0.556. The molecule has 1 aromatic carbocycles. The molecule has 22 heavy (non-hydrogen) atoms. The van der Waals surface area contributed by atoms with Crippen LogP contribution in [0.5, 0.6) is 0 Å². The second-order valence-corrected chi connectivity index (χ2v) is 6.33. The quantitative estimate of drug-likeness (QED) is 0.781. The zero-order valence-electron chi connectivity index (χ0n) is 14.0. The Labute approximate surface area is 132 Å². The van der Waals surface area contributed by atoms with Gasteiger partial charge in [0, 0.05) is 0 Å². The average Bonchev–Trinajstić information content (AvgIpc) is 2.45. The second-order valence-electron chi connectivity index (χ2n) is 6.33. The summed E-state index contributed by atoms with van der Waals surface area (Å²) in [6.45, 7) is 9.25. The van der Waals surface area contributed by atoms with Gasteiger partial charge in [0.05, 0.1) is 11.8 Å². The molecule has 0 aliphatic carbocycles. The van der Waals surface area contributed by atoms with Crippen LogP contribution in [0.4, 0.5) is 0 Å². The van der Waals surface area contributed by atoms with Crippen molar-refractivity contribution in [1.82, 2.24) is 0 Å². The summed E-state index contributed by atoms with van der Waals surface area (Å²) in [7, 11) is 0. The molecule has 0 amide bonds. The maximum absolute atomic E-state index is 12.1. The van der Waals surface area contributed by atoms with E-state index in [1.807, 2.05) is 24.3 Å². The topological polar surface area (TPSA) is 63.6 Å². The Kier molecular flexibility index (Phi) is 6.60. The van der Waals surface area contributed by atoms with Crippen molar-refractivity contribution in [2.24, 2.45) is 11.8 Å². The molecule has 0 aliphatic heterocycles. The Morgan fingerprint density at radius 3 is 2.05 bits per heavy atom. The Balaban J connectivity index is 2.68. The summed E-state index contributed by atoms with van der Waals surface area (Å²) in [4.78, 5) is 23.0. The summed E-state index contributed by atoms with van der Waals surface area (Å²) < 4.78 is 5.26. The highest BCUT2D eigenvalue weighted by molar-refractivity contribution is 5.78. The van der Waals surface area contributed by atoms with E-state index in [0.29, 0.717) is 5.92 Å². The maximum Gasteiger partial charge on any atom is 0.313 e. The molecule has 4 heteroatoms. The van der Waals surface area contributed by atoms with Gasteiger partial charge in [-0.05, 0) is 44.2 Å². The summed E-state index contributed by atoms with van der Waals surface area (Å²) in [6, 6.07) is 7.94. The number of hydrogen-bond acceptors (Lipinski definition) is 3. The van der Waals surface area contributed by atoms with Gasteiger partial charge >= 0.3 is 11.9 Å². The lowest BCUT2D eigenvalue weighted by atomic mass is 9.96. The SMILES string of the molecule is CC(C)Cc1ccc(C(C)C(=O)O[C@H](C)[C@H](C)C(=O)O)cc1. The molecule has 0 saturated carbocycles. The summed E-state index contributed by atoms with van der Waals surface area (Å²) in [5.74, 6) is -1.89. The zero-order valence-corrected chi connectivity index (χ0v) is 14.0. The molecule has 0 spiro atoms. The third-order valence-corrected chi connectivity index (χ3v) is 3.87. The predicted molar refractivity (Wildman–Crippen MR) is 85.8 cm³/mol. The van der Waals surface area contributed by atoms with Gasteiger partial charge in [0.25, 0.3) is 0 Å². The number of carbonyl (C=O) groups is 2. The Hall–Kier alpha value is -1.84. The van der Waals surface area contributed by atoms with Crippen molar-refractivity contribution in [3.8, 4) is 0 Å². The van der Waals surface area contributed by atoms with E-state index in [2.05, 4.69) is 13.8 Å². The lowest BCUT2D eigenvalue weighted by Crippen LogP contribution is -2.29. The molecule has 1 unspecified atom stereocenters. The number of ether oxygens (including phenoxy) is 1. The van der Waals surface area contributed by atoms with Gasteiger partial charge in [0.15, 0.2) is 0 Å². The van der Waals surface area contributed by atoms with Gasteiger partial charge in [-0.2, -0.15) is 0 Å². The largest absolute Gasteiger partial charge is 0.481 e. The average molecular weight is 306 g/mol. The second kappa shape index (κ2) is 7.97. The monoisotopic (exact) mass is 306 g/mol.